The Kier molecular flexibility index (Phi) is 3.24. The van der Waals surface area contributed by atoms with Crippen molar-refractivity contribution >= 4 is 38.4 Å². The standard InChI is InChI=1S/C14H13BrN2O2/c15-11-3-4-12(10-2-1-5-16-14(10)11)17-7-9(8-18)6-13(17)19/h1-5,9,18H,6-8H2. The summed E-state index contributed by atoms with van der Waals surface area (Å²) in [5.41, 5.74) is 1.72. The number of aliphatic hydroxyl groups excluding tert-OH is 1. The van der Waals surface area contributed by atoms with Crippen LogP contribution >= 0.6 is 15.9 Å². The summed E-state index contributed by atoms with van der Waals surface area (Å²) < 4.78 is 0.914. The lowest BCUT2D eigenvalue weighted by Crippen LogP contribution is -2.25. The molecule has 98 valence electrons. The van der Waals surface area contributed by atoms with Crippen molar-refractivity contribution in [2.75, 3.05) is 18.1 Å². The van der Waals surface area contributed by atoms with Gasteiger partial charge in [-0.2, -0.15) is 0 Å². The lowest BCUT2D eigenvalue weighted by Gasteiger charge is -2.19. The number of aliphatic hydroxyl groups is 1. The van der Waals surface area contributed by atoms with Crippen LogP contribution in [0.25, 0.3) is 10.9 Å². The molecule has 19 heavy (non-hydrogen) atoms. The molecule has 0 radical (unpaired) electrons. The van der Waals surface area contributed by atoms with Gasteiger partial charge >= 0.3 is 0 Å². The fourth-order valence-corrected chi connectivity index (χ4v) is 2.94. The van der Waals surface area contributed by atoms with Crippen LogP contribution in [0.15, 0.2) is 34.9 Å². The van der Waals surface area contributed by atoms with E-state index in [0.29, 0.717) is 13.0 Å². The van der Waals surface area contributed by atoms with E-state index < -0.39 is 0 Å². The van der Waals surface area contributed by atoms with Crippen LogP contribution in [0.1, 0.15) is 6.42 Å². The molecule has 4 nitrogen and oxygen atoms in total. The number of benzene rings is 1. The largest absolute Gasteiger partial charge is 0.396 e. The summed E-state index contributed by atoms with van der Waals surface area (Å²) >= 11 is 3.47. The molecule has 2 aromatic rings. The number of nitrogens with zero attached hydrogens (tertiary/aromatic N) is 2. The quantitative estimate of drug-likeness (QED) is 0.924. The molecular weight excluding hydrogens is 308 g/mol. The highest BCUT2D eigenvalue weighted by Crippen LogP contribution is 2.34. The highest BCUT2D eigenvalue weighted by atomic mass is 79.9. The molecule has 1 aromatic carbocycles. The number of carbonyl (C=O) groups is 1. The van der Waals surface area contributed by atoms with E-state index in [1.165, 1.54) is 0 Å². The van der Waals surface area contributed by atoms with E-state index in [-0.39, 0.29) is 18.4 Å². The molecule has 1 aromatic heterocycles. The van der Waals surface area contributed by atoms with Gasteiger partial charge in [0.15, 0.2) is 0 Å². The molecule has 3 rings (SSSR count). The summed E-state index contributed by atoms with van der Waals surface area (Å²) in [6.07, 6.45) is 2.15. The first-order valence-electron chi connectivity index (χ1n) is 6.15. The van der Waals surface area contributed by atoms with Crippen molar-refractivity contribution in [2.24, 2.45) is 5.92 Å². The van der Waals surface area contributed by atoms with Crippen LogP contribution in [0.4, 0.5) is 5.69 Å². The molecule has 1 fully saturated rings. The van der Waals surface area contributed by atoms with Crippen LogP contribution in [0, 0.1) is 5.92 Å². The smallest absolute Gasteiger partial charge is 0.227 e. The second-order valence-corrected chi connectivity index (χ2v) is 5.58. The van der Waals surface area contributed by atoms with Gasteiger partial charge in [0.05, 0.1) is 11.2 Å². The minimum atomic E-state index is 0.0304. The van der Waals surface area contributed by atoms with Crippen molar-refractivity contribution in [1.82, 2.24) is 4.98 Å². The summed E-state index contributed by atoms with van der Waals surface area (Å²) in [4.78, 5) is 18.1. The summed E-state index contributed by atoms with van der Waals surface area (Å²) in [7, 11) is 0. The molecule has 1 unspecified atom stereocenters. The Morgan fingerprint density at radius 3 is 3.00 bits per heavy atom. The Bertz CT molecular complexity index is 644. The first-order valence-corrected chi connectivity index (χ1v) is 6.94. The minimum Gasteiger partial charge on any atom is -0.396 e. The van der Waals surface area contributed by atoms with Crippen LogP contribution in [-0.4, -0.2) is 29.1 Å². The summed E-state index contributed by atoms with van der Waals surface area (Å²) in [6, 6.07) is 7.65. The van der Waals surface area contributed by atoms with Crippen molar-refractivity contribution in [2.45, 2.75) is 6.42 Å². The highest BCUT2D eigenvalue weighted by molar-refractivity contribution is 9.10. The number of aromatic nitrogens is 1. The lowest BCUT2D eigenvalue weighted by molar-refractivity contribution is -0.117. The van der Waals surface area contributed by atoms with Crippen LogP contribution < -0.4 is 4.90 Å². The Hall–Kier alpha value is -1.46. The van der Waals surface area contributed by atoms with E-state index in [0.717, 1.165) is 21.1 Å². The zero-order valence-electron chi connectivity index (χ0n) is 10.2. The molecule has 1 aliphatic heterocycles. The number of rotatable bonds is 2. The maximum atomic E-state index is 12.1. The monoisotopic (exact) mass is 320 g/mol. The van der Waals surface area contributed by atoms with Gasteiger partial charge in [0.1, 0.15) is 0 Å². The van der Waals surface area contributed by atoms with Crippen molar-refractivity contribution in [3.8, 4) is 0 Å². The van der Waals surface area contributed by atoms with Crippen LogP contribution in [0.3, 0.4) is 0 Å². The molecule has 1 atom stereocenters. The zero-order chi connectivity index (χ0) is 13.4. The molecule has 0 saturated carbocycles. The van der Waals surface area contributed by atoms with E-state index in [2.05, 4.69) is 20.9 Å². The molecule has 0 spiro atoms. The lowest BCUT2D eigenvalue weighted by atomic mass is 10.1. The van der Waals surface area contributed by atoms with Crippen molar-refractivity contribution < 1.29 is 9.90 Å². The van der Waals surface area contributed by atoms with Gasteiger partial charge in [-0.1, -0.05) is 0 Å². The molecular formula is C14H13BrN2O2. The number of anilines is 1. The van der Waals surface area contributed by atoms with Gasteiger partial charge in [-0.15, -0.1) is 0 Å². The maximum Gasteiger partial charge on any atom is 0.227 e. The SMILES string of the molecule is O=C1CC(CO)CN1c1ccc(Br)c2ncccc12. The molecule has 0 aliphatic carbocycles. The number of amides is 1. The Morgan fingerprint density at radius 2 is 2.26 bits per heavy atom. The molecule has 0 bridgehead atoms. The molecule has 2 heterocycles. The van der Waals surface area contributed by atoms with Gasteiger partial charge in [0.2, 0.25) is 5.91 Å². The van der Waals surface area contributed by atoms with Gasteiger partial charge in [0.25, 0.3) is 0 Å². The molecule has 5 heteroatoms. The zero-order valence-corrected chi connectivity index (χ0v) is 11.8. The fourth-order valence-electron chi connectivity index (χ4n) is 2.50. The van der Waals surface area contributed by atoms with E-state index in [1.54, 1.807) is 11.1 Å². The van der Waals surface area contributed by atoms with Crippen LogP contribution in [0.2, 0.25) is 0 Å². The number of hydrogen-bond donors (Lipinski definition) is 1. The second kappa shape index (κ2) is 4.90. The van der Waals surface area contributed by atoms with E-state index in [4.69, 9.17) is 0 Å². The van der Waals surface area contributed by atoms with Gasteiger partial charge in [-0.3, -0.25) is 9.78 Å². The number of halogens is 1. The maximum absolute atomic E-state index is 12.1. The molecule has 1 N–H and O–H groups in total. The number of fused-ring (bicyclic) bond motifs is 1. The van der Waals surface area contributed by atoms with Crippen LogP contribution in [-0.2, 0) is 4.79 Å². The third kappa shape index (κ3) is 2.13. The summed E-state index contributed by atoms with van der Waals surface area (Å²) in [5.74, 6) is 0.0920. The van der Waals surface area contributed by atoms with Gasteiger partial charge in [-0.25, -0.2) is 0 Å². The topological polar surface area (TPSA) is 53.4 Å². The van der Waals surface area contributed by atoms with E-state index in [1.807, 2.05) is 24.3 Å². The first kappa shape index (κ1) is 12.6. The third-order valence-electron chi connectivity index (χ3n) is 3.45. The summed E-state index contributed by atoms with van der Waals surface area (Å²) in [6.45, 7) is 0.621. The molecule has 1 amide bonds. The minimum absolute atomic E-state index is 0.0304. The van der Waals surface area contributed by atoms with Crippen molar-refractivity contribution in [1.29, 1.82) is 0 Å². The van der Waals surface area contributed by atoms with Gasteiger partial charge in [0, 0.05) is 41.5 Å². The third-order valence-corrected chi connectivity index (χ3v) is 4.09. The number of carbonyl (C=O) groups excluding carboxylic acids is 1. The van der Waals surface area contributed by atoms with Gasteiger partial charge in [-0.05, 0) is 40.2 Å². The number of pyridine rings is 1. The predicted octanol–water partition coefficient (Wildman–Crippen LogP) is 2.34. The van der Waals surface area contributed by atoms with E-state index >= 15 is 0 Å². The average molecular weight is 321 g/mol. The van der Waals surface area contributed by atoms with Crippen molar-refractivity contribution in [3.63, 3.8) is 0 Å². The molecule has 1 saturated heterocycles. The van der Waals surface area contributed by atoms with Gasteiger partial charge < -0.3 is 10.0 Å². The summed E-state index contributed by atoms with van der Waals surface area (Å²) in [5, 5.41) is 10.2. The Labute approximate surface area is 119 Å². The average Bonchev–Trinajstić information content (AvgIpc) is 2.81. The first-order chi connectivity index (χ1) is 9.20. The normalized spacial score (nSPS) is 19.4. The molecule has 1 aliphatic rings. The fraction of sp³-hybridized carbons (Fsp3) is 0.286. The predicted molar refractivity (Wildman–Crippen MR) is 77.0 cm³/mol. The van der Waals surface area contributed by atoms with E-state index in [9.17, 15) is 9.90 Å². The van der Waals surface area contributed by atoms with Crippen LogP contribution in [0.5, 0.6) is 0 Å². The van der Waals surface area contributed by atoms with Crippen molar-refractivity contribution in [3.05, 3.63) is 34.9 Å². The second-order valence-electron chi connectivity index (χ2n) is 4.72. The Morgan fingerprint density at radius 1 is 1.42 bits per heavy atom. The highest BCUT2D eigenvalue weighted by Gasteiger charge is 2.31. The number of hydrogen-bond acceptors (Lipinski definition) is 3. The Balaban J connectivity index is 2.11.